The molecule has 2 rings (SSSR count). The van der Waals surface area contributed by atoms with Crippen molar-refractivity contribution in [3.8, 4) is 0 Å². The average molecular weight is 405 g/mol. The normalized spacial score (nSPS) is 16.0. The number of hydrogen-bond donors (Lipinski definition) is 3. The summed E-state index contributed by atoms with van der Waals surface area (Å²) < 4.78 is 0.958. The maximum absolute atomic E-state index is 12.2. The van der Waals surface area contributed by atoms with Crippen LogP contribution in [-0.4, -0.2) is 24.4 Å². The number of hydrogen-bond acceptors (Lipinski definition) is 3. The van der Waals surface area contributed by atoms with Gasteiger partial charge in [-0.25, -0.2) is 0 Å². The van der Waals surface area contributed by atoms with Crippen LogP contribution in [-0.2, 0) is 9.59 Å². The van der Waals surface area contributed by atoms with Crippen LogP contribution in [0.5, 0.6) is 0 Å². The fraction of sp³-hybridized carbons (Fsp3) is 0.500. The van der Waals surface area contributed by atoms with Gasteiger partial charge in [0.2, 0.25) is 11.8 Å². The summed E-state index contributed by atoms with van der Waals surface area (Å²) >= 11 is 3.38. The van der Waals surface area contributed by atoms with Crippen molar-refractivity contribution in [1.82, 2.24) is 10.6 Å². The van der Waals surface area contributed by atoms with E-state index in [1.54, 1.807) is 0 Å². The van der Waals surface area contributed by atoms with E-state index in [4.69, 9.17) is 5.73 Å². The maximum Gasteiger partial charge on any atom is 0.222 e. The lowest BCUT2D eigenvalue weighted by Crippen LogP contribution is -2.43. The summed E-state index contributed by atoms with van der Waals surface area (Å²) in [5.41, 5.74) is 6.62. The fourth-order valence-electron chi connectivity index (χ4n) is 2.51. The standard InChI is InChI=1S/C16H22BrN3O2.ClH/c1-10(21)19-14(11-4-6-13(17)7-5-11)8-16(22)20-15(9-18)12-2-3-12;/h4-7,12,14-15H,2-3,8-9,18H2,1H3,(H,19,21)(H,20,22);1H. The summed E-state index contributed by atoms with van der Waals surface area (Å²) in [5, 5.41) is 5.83. The molecule has 0 bridgehead atoms. The van der Waals surface area contributed by atoms with Crippen molar-refractivity contribution in [2.45, 2.75) is 38.3 Å². The van der Waals surface area contributed by atoms with Crippen LogP contribution < -0.4 is 16.4 Å². The molecule has 0 aromatic heterocycles. The first-order valence-corrected chi connectivity index (χ1v) is 8.31. The van der Waals surface area contributed by atoms with E-state index in [0.717, 1.165) is 22.9 Å². The molecule has 0 radical (unpaired) electrons. The van der Waals surface area contributed by atoms with E-state index in [2.05, 4.69) is 26.6 Å². The molecule has 1 aliphatic carbocycles. The molecular formula is C16H23BrClN3O2. The zero-order valence-electron chi connectivity index (χ0n) is 13.0. The molecule has 128 valence electrons. The van der Waals surface area contributed by atoms with Gasteiger partial charge in [0.25, 0.3) is 0 Å². The second-order valence-electron chi connectivity index (χ2n) is 5.76. The van der Waals surface area contributed by atoms with Gasteiger partial charge in [-0.2, -0.15) is 0 Å². The van der Waals surface area contributed by atoms with E-state index in [0.29, 0.717) is 12.5 Å². The lowest BCUT2D eigenvalue weighted by molar-refractivity contribution is -0.123. The number of halogens is 2. The van der Waals surface area contributed by atoms with E-state index in [1.165, 1.54) is 6.92 Å². The lowest BCUT2D eigenvalue weighted by Gasteiger charge is -2.21. The largest absolute Gasteiger partial charge is 0.352 e. The van der Waals surface area contributed by atoms with Gasteiger partial charge in [-0.3, -0.25) is 9.59 Å². The molecule has 23 heavy (non-hydrogen) atoms. The molecule has 5 nitrogen and oxygen atoms in total. The number of amides is 2. The van der Waals surface area contributed by atoms with E-state index >= 15 is 0 Å². The first-order valence-electron chi connectivity index (χ1n) is 7.51. The number of carbonyl (C=O) groups excluding carboxylic acids is 2. The van der Waals surface area contributed by atoms with E-state index in [1.807, 2.05) is 24.3 Å². The Bertz CT molecular complexity index is 535. The Hall–Kier alpha value is -1.11. The van der Waals surface area contributed by atoms with Crippen molar-refractivity contribution in [2.24, 2.45) is 11.7 Å². The Labute approximate surface area is 151 Å². The van der Waals surface area contributed by atoms with Gasteiger partial charge in [-0.15, -0.1) is 12.4 Å². The monoisotopic (exact) mass is 403 g/mol. The molecule has 0 spiro atoms. The van der Waals surface area contributed by atoms with E-state index in [-0.39, 0.29) is 42.7 Å². The molecule has 1 aromatic rings. The first kappa shape index (κ1) is 19.9. The highest BCUT2D eigenvalue weighted by Crippen LogP contribution is 2.32. The number of nitrogens with two attached hydrogens (primary N) is 1. The molecule has 2 unspecified atom stereocenters. The minimum Gasteiger partial charge on any atom is -0.352 e. The van der Waals surface area contributed by atoms with Crippen LogP contribution in [0.2, 0.25) is 0 Å². The first-order chi connectivity index (χ1) is 10.5. The smallest absolute Gasteiger partial charge is 0.222 e. The summed E-state index contributed by atoms with van der Waals surface area (Å²) in [4.78, 5) is 23.6. The summed E-state index contributed by atoms with van der Waals surface area (Å²) in [6.45, 7) is 1.91. The van der Waals surface area contributed by atoms with Crippen LogP contribution >= 0.6 is 28.3 Å². The lowest BCUT2D eigenvalue weighted by atomic mass is 10.0. The van der Waals surface area contributed by atoms with Gasteiger partial charge in [0, 0.05) is 24.0 Å². The van der Waals surface area contributed by atoms with Gasteiger partial charge in [0.05, 0.1) is 12.5 Å². The molecule has 1 aliphatic rings. The molecule has 7 heteroatoms. The van der Waals surface area contributed by atoms with Crippen LogP contribution in [0, 0.1) is 5.92 Å². The molecule has 2 atom stereocenters. The SMILES string of the molecule is CC(=O)NC(CC(=O)NC(CN)C1CC1)c1ccc(Br)cc1.Cl. The average Bonchev–Trinajstić information content (AvgIpc) is 3.29. The van der Waals surface area contributed by atoms with E-state index in [9.17, 15) is 9.59 Å². The Morgan fingerprint density at radius 2 is 1.87 bits per heavy atom. The van der Waals surface area contributed by atoms with Crippen molar-refractivity contribution in [3.05, 3.63) is 34.3 Å². The molecule has 0 aliphatic heterocycles. The number of nitrogens with one attached hydrogen (secondary N) is 2. The van der Waals surface area contributed by atoms with Crippen LogP contribution in [0.4, 0.5) is 0 Å². The second kappa shape index (κ2) is 9.25. The Morgan fingerprint density at radius 3 is 2.35 bits per heavy atom. The van der Waals surface area contributed by atoms with Crippen molar-refractivity contribution in [2.75, 3.05) is 6.54 Å². The summed E-state index contributed by atoms with van der Waals surface area (Å²) in [5.74, 6) is 0.281. The van der Waals surface area contributed by atoms with Crippen LogP contribution in [0.25, 0.3) is 0 Å². The molecule has 4 N–H and O–H groups in total. The van der Waals surface area contributed by atoms with Crippen molar-refractivity contribution >= 4 is 40.2 Å². The van der Waals surface area contributed by atoms with Crippen LogP contribution in [0.1, 0.15) is 37.8 Å². The second-order valence-corrected chi connectivity index (χ2v) is 6.67. The molecule has 1 saturated carbocycles. The molecule has 1 fully saturated rings. The zero-order valence-corrected chi connectivity index (χ0v) is 15.5. The highest BCUT2D eigenvalue weighted by atomic mass is 79.9. The predicted molar refractivity (Wildman–Crippen MR) is 96.3 cm³/mol. The number of benzene rings is 1. The minimum atomic E-state index is -0.330. The third-order valence-corrected chi connectivity index (χ3v) is 4.36. The van der Waals surface area contributed by atoms with Crippen LogP contribution in [0.3, 0.4) is 0 Å². The quantitative estimate of drug-likeness (QED) is 0.652. The highest BCUT2D eigenvalue weighted by molar-refractivity contribution is 9.10. The maximum atomic E-state index is 12.2. The fourth-order valence-corrected chi connectivity index (χ4v) is 2.78. The van der Waals surface area contributed by atoms with Gasteiger partial charge in [0.15, 0.2) is 0 Å². The van der Waals surface area contributed by atoms with Crippen molar-refractivity contribution in [1.29, 1.82) is 0 Å². The summed E-state index contributed by atoms with van der Waals surface area (Å²) in [6, 6.07) is 7.32. The molecule has 2 amide bonds. The zero-order chi connectivity index (χ0) is 16.1. The topological polar surface area (TPSA) is 84.2 Å². The van der Waals surface area contributed by atoms with Crippen molar-refractivity contribution in [3.63, 3.8) is 0 Å². The van der Waals surface area contributed by atoms with Gasteiger partial charge in [0.1, 0.15) is 0 Å². The van der Waals surface area contributed by atoms with Crippen molar-refractivity contribution < 1.29 is 9.59 Å². The predicted octanol–water partition coefficient (Wildman–Crippen LogP) is 2.29. The number of rotatable bonds is 7. The molecular weight excluding hydrogens is 382 g/mol. The van der Waals surface area contributed by atoms with Crippen LogP contribution in [0.15, 0.2) is 28.7 Å². The van der Waals surface area contributed by atoms with Gasteiger partial charge in [-0.05, 0) is 36.5 Å². The Balaban J connectivity index is 0.00000264. The third-order valence-electron chi connectivity index (χ3n) is 3.83. The third kappa shape index (κ3) is 6.49. The van der Waals surface area contributed by atoms with Gasteiger partial charge < -0.3 is 16.4 Å². The molecule has 1 aromatic carbocycles. The molecule has 0 heterocycles. The minimum absolute atomic E-state index is 0. The Kier molecular flexibility index (Phi) is 8.02. The van der Waals surface area contributed by atoms with Gasteiger partial charge in [-0.1, -0.05) is 28.1 Å². The summed E-state index contributed by atoms with van der Waals surface area (Å²) in [7, 11) is 0. The number of carbonyl (C=O) groups is 2. The summed E-state index contributed by atoms with van der Waals surface area (Å²) in [6.07, 6.45) is 2.47. The van der Waals surface area contributed by atoms with Gasteiger partial charge >= 0.3 is 0 Å². The van der Waals surface area contributed by atoms with E-state index < -0.39 is 0 Å². The Morgan fingerprint density at radius 1 is 1.26 bits per heavy atom. The highest BCUT2D eigenvalue weighted by Gasteiger charge is 2.31. The molecule has 0 saturated heterocycles.